The summed E-state index contributed by atoms with van der Waals surface area (Å²) in [7, 11) is 0. The predicted molar refractivity (Wildman–Crippen MR) is 219 cm³/mol. The van der Waals surface area contributed by atoms with Crippen molar-refractivity contribution >= 4 is 29.0 Å². The van der Waals surface area contributed by atoms with Crippen LogP contribution in [0.15, 0.2) is 175 Å². The van der Waals surface area contributed by atoms with Gasteiger partial charge in [-0.15, -0.1) is 0 Å². The molecular weight excluding hydrogens is 635 g/mol. The van der Waals surface area contributed by atoms with Gasteiger partial charge in [0.25, 0.3) is 0 Å². The number of hydrazone groups is 1. The Morgan fingerprint density at radius 3 is 1.65 bits per heavy atom. The molecule has 0 radical (unpaired) electrons. The normalized spacial score (nSPS) is 15.5. The second-order valence-corrected chi connectivity index (χ2v) is 13.3. The lowest BCUT2D eigenvalue weighted by Crippen LogP contribution is -2.27. The molecule has 0 N–H and O–H groups in total. The molecule has 1 aliphatic rings. The SMILES string of the molecule is CCN(CC)c1ccc(C=CC2=NN(c3ccccn3)C(c3ccc(N(Cc4ccccc4)Cc4ccccc4)cc3)C2Cc2ccccc2)cc1. The number of hydrogen-bond acceptors (Lipinski definition) is 5. The monoisotopic (exact) mass is 681 g/mol. The molecule has 1 aromatic heterocycles. The van der Waals surface area contributed by atoms with Crippen molar-refractivity contribution in [1.82, 2.24) is 4.98 Å². The van der Waals surface area contributed by atoms with E-state index in [2.05, 4.69) is 186 Å². The van der Waals surface area contributed by atoms with Gasteiger partial charge in [-0.2, -0.15) is 5.10 Å². The van der Waals surface area contributed by atoms with Gasteiger partial charge in [0, 0.05) is 49.7 Å². The van der Waals surface area contributed by atoms with Crippen LogP contribution in [0.3, 0.4) is 0 Å². The van der Waals surface area contributed by atoms with E-state index in [4.69, 9.17) is 10.1 Å². The zero-order chi connectivity index (χ0) is 35.5. The van der Waals surface area contributed by atoms with Crippen molar-refractivity contribution < 1.29 is 0 Å². The fraction of sp³-hybridized carbons (Fsp3) is 0.191. The van der Waals surface area contributed by atoms with Crippen LogP contribution >= 0.6 is 0 Å². The van der Waals surface area contributed by atoms with Crippen LogP contribution in [0.2, 0.25) is 0 Å². The van der Waals surface area contributed by atoms with E-state index >= 15 is 0 Å². The first-order valence-corrected chi connectivity index (χ1v) is 18.5. The fourth-order valence-corrected chi connectivity index (χ4v) is 7.19. The molecule has 1 aliphatic heterocycles. The Kier molecular flexibility index (Phi) is 11.2. The number of aromatic nitrogens is 1. The van der Waals surface area contributed by atoms with Gasteiger partial charge in [0.1, 0.15) is 5.82 Å². The lowest BCUT2D eigenvalue weighted by Gasteiger charge is -2.29. The van der Waals surface area contributed by atoms with Crippen LogP contribution in [0.4, 0.5) is 17.2 Å². The van der Waals surface area contributed by atoms with Gasteiger partial charge >= 0.3 is 0 Å². The summed E-state index contributed by atoms with van der Waals surface area (Å²) in [6.07, 6.45) is 7.13. The molecular formula is C47H47N5. The van der Waals surface area contributed by atoms with Crippen molar-refractivity contribution in [1.29, 1.82) is 0 Å². The standard InChI is InChI=1S/C47H47N5/c1-3-50(4-2)42-28-23-37(24-29-42)25-32-45-44(34-38-16-8-5-9-17-38)47(52(49-45)46-22-14-15-33-48-46)41-26-30-43(31-27-41)51(35-39-18-10-6-11-19-39)36-40-20-12-7-13-21-40/h5-33,44,47H,3-4,34-36H2,1-2H3. The zero-order valence-corrected chi connectivity index (χ0v) is 30.2. The molecule has 5 nitrogen and oxygen atoms in total. The number of benzene rings is 5. The lowest BCUT2D eigenvalue weighted by atomic mass is 9.84. The summed E-state index contributed by atoms with van der Waals surface area (Å²) in [5.41, 5.74) is 9.72. The number of allylic oxidation sites excluding steroid dienone is 1. The molecule has 260 valence electrons. The van der Waals surface area contributed by atoms with E-state index in [9.17, 15) is 0 Å². The third-order valence-corrected chi connectivity index (χ3v) is 9.93. The third kappa shape index (κ3) is 8.33. The second kappa shape index (κ2) is 16.8. The van der Waals surface area contributed by atoms with Crippen LogP contribution in [0, 0.1) is 5.92 Å². The van der Waals surface area contributed by atoms with Gasteiger partial charge in [-0.3, -0.25) is 0 Å². The maximum atomic E-state index is 5.33. The summed E-state index contributed by atoms with van der Waals surface area (Å²) in [4.78, 5) is 9.62. The number of nitrogens with zero attached hydrogens (tertiary/aromatic N) is 5. The fourth-order valence-electron chi connectivity index (χ4n) is 7.19. The molecule has 52 heavy (non-hydrogen) atoms. The Hall–Kier alpha value is -5.94. The Labute approximate surface area is 309 Å². The average Bonchev–Trinajstić information content (AvgIpc) is 3.57. The van der Waals surface area contributed by atoms with Crippen LogP contribution in [-0.4, -0.2) is 23.8 Å². The maximum Gasteiger partial charge on any atom is 0.149 e. The molecule has 6 aromatic rings. The van der Waals surface area contributed by atoms with Crippen molar-refractivity contribution in [2.45, 2.75) is 39.4 Å². The Bertz CT molecular complexity index is 1980. The molecule has 0 amide bonds. The number of hydrogen-bond donors (Lipinski definition) is 0. The molecule has 2 heterocycles. The van der Waals surface area contributed by atoms with Gasteiger partial charge in [-0.25, -0.2) is 9.99 Å². The highest BCUT2D eigenvalue weighted by atomic mass is 15.5. The van der Waals surface area contributed by atoms with E-state index in [1.807, 2.05) is 18.3 Å². The van der Waals surface area contributed by atoms with Gasteiger partial charge in [0.05, 0.1) is 11.8 Å². The summed E-state index contributed by atoms with van der Waals surface area (Å²) in [5.74, 6) is 0.947. The van der Waals surface area contributed by atoms with E-state index in [0.29, 0.717) is 0 Å². The van der Waals surface area contributed by atoms with E-state index in [1.165, 1.54) is 33.6 Å². The summed E-state index contributed by atoms with van der Waals surface area (Å²) >= 11 is 0. The molecule has 0 fully saturated rings. The van der Waals surface area contributed by atoms with Gasteiger partial charge in [0.15, 0.2) is 0 Å². The van der Waals surface area contributed by atoms with Crippen LogP contribution in [0.25, 0.3) is 6.08 Å². The molecule has 0 bridgehead atoms. The molecule has 5 heteroatoms. The Morgan fingerprint density at radius 1 is 0.558 bits per heavy atom. The van der Waals surface area contributed by atoms with E-state index < -0.39 is 0 Å². The minimum Gasteiger partial charge on any atom is -0.372 e. The van der Waals surface area contributed by atoms with Crippen molar-refractivity contribution in [3.05, 3.63) is 198 Å². The van der Waals surface area contributed by atoms with Gasteiger partial charge in [-0.1, -0.05) is 127 Å². The predicted octanol–water partition coefficient (Wildman–Crippen LogP) is 10.6. The molecule has 2 unspecified atom stereocenters. The Morgan fingerprint density at radius 2 is 1.10 bits per heavy atom. The minimum absolute atomic E-state index is 0.0365. The Balaban J connectivity index is 1.23. The topological polar surface area (TPSA) is 35.0 Å². The lowest BCUT2D eigenvalue weighted by molar-refractivity contribution is 0.544. The highest BCUT2D eigenvalue weighted by molar-refractivity contribution is 6.03. The highest BCUT2D eigenvalue weighted by Gasteiger charge is 2.38. The molecule has 2 atom stereocenters. The smallest absolute Gasteiger partial charge is 0.149 e. The van der Waals surface area contributed by atoms with Crippen LogP contribution in [-0.2, 0) is 19.5 Å². The van der Waals surface area contributed by atoms with Gasteiger partial charge in [0.2, 0.25) is 0 Å². The second-order valence-electron chi connectivity index (χ2n) is 13.3. The van der Waals surface area contributed by atoms with Crippen molar-refractivity contribution in [3.8, 4) is 0 Å². The molecule has 5 aromatic carbocycles. The van der Waals surface area contributed by atoms with Crippen LogP contribution in [0.5, 0.6) is 0 Å². The first-order valence-electron chi connectivity index (χ1n) is 18.5. The van der Waals surface area contributed by atoms with Gasteiger partial charge in [-0.05, 0) is 90.6 Å². The van der Waals surface area contributed by atoms with Crippen molar-refractivity contribution in [2.75, 3.05) is 27.9 Å². The van der Waals surface area contributed by atoms with Crippen molar-refractivity contribution in [3.63, 3.8) is 0 Å². The summed E-state index contributed by atoms with van der Waals surface area (Å²) in [6, 6.07) is 56.3. The molecule has 0 saturated heterocycles. The number of rotatable bonds is 14. The summed E-state index contributed by atoms with van der Waals surface area (Å²) in [5, 5.41) is 7.47. The van der Waals surface area contributed by atoms with E-state index in [0.717, 1.165) is 49.7 Å². The third-order valence-electron chi connectivity index (χ3n) is 9.93. The largest absolute Gasteiger partial charge is 0.372 e. The first kappa shape index (κ1) is 34.5. The van der Waals surface area contributed by atoms with Crippen LogP contribution in [0.1, 0.15) is 47.7 Å². The number of pyridine rings is 1. The minimum atomic E-state index is -0.0365. The van der Waals surface area contributed by atoms with Crippen molar-refractivity contribution in [2.24, 2.45) is 11.0 Å². The number of anilines is 3. The molecule has 0 spiro atoms. The highest BCUT2D eigenvalue weighted by Crippen LogP contribution is 2.41. The van der Waals surface area contributed by atoms with Crippen LogP contribution < -0.4 is 14.8 Å². The molecule has 0 saturated carbocycles. The maximum absolute atomic E-state index is 5.33. The van der Waals surface area contributed by atoms with Gasteiger partial charge < -0.3 is 9.80 Å². The molecule has 0 aliphatic carbocycles. The van der Waals surface area contributed by atoms with E-state index in [1.54, 1.807) is 0 Å². The summed E-state index contributed by atoms with van der Waals surface area (Å²) in [6.45, 7) is 8.03. The first-order chi connectivity index (χ1) is 25.7. The quantitative estimate of drug-likeness (QED) is 0.115. The molecule has 7 rings (SSSR count). The summed E-state index contributed by atoms with van der Waals surface area (Å²) < 4.78 is 0. The van der Waals surface area contributed by atoms with E-state index in [-0.39, 0.29) is 12.0 Å². The zero-order valence-electron chi connectivity index (χ0n) is 30.2. The average molecular weight is 682 g/mol.